The van der Waals surface area contributed by atoms with Crippen molar-refractivity contribution in [2.45, 2.75) is 13.3 Å². The van der Waals surface area contributed by atoms with Crippen molar-refractivity contribution >= 4 is 11.9 Å². The van der Waals surface area contributed by atoms with Gasteiger partial charge in [0.05, 0.1) is 6.54 Å². The average Bonchev–Trinajstić information content (AvgIpc) is 2.19. The van der Waals surface area contributed by atoms with Crippen molar-refractivity contribution in [1.82, 2.24) is 10.2 Å². The highest BCUT2D eigenvalue weighted by molar-refractivity contribution is 5.94. The van der Waals surface area contributed by atoms with Gasteiger partial charge in [-0.25, -0.2) is 4.79 Å². The van der Waals surface area contributed by atoms with Gasteiger partial charge in [0.25, 0.3) is 0 Å². The number of likely N-dealkylation sites (tertiary alicyclic amines) is 1. The molecule has 92 valence electrons. The van der Waals surface area contributed by atoms with Gasteiger partial charge in [0.15, 0.2) is 0 Å². The van der Waals surface area contributed by atoms with E-state index in [4.69, 9.17) is 11.5 Å². The standard InChI is InChI=1S/C10H20N4O2/c1-7-2-3-14(5-8(7)4-11)6-9(15)13-10(12)16/h7-8H,2-6,11H2,1H3,(H3,12,13,15,16). The minimum absolute atomic E-state index is 0.214. The summed E-state index contributed by atoms with van der Waals surface area (Å²) < 4.78 is 0. The Morgan fingerprint density at radius 1 is 1.50 bits per heavy atom. The topological polar surface area (TPSA) is 101 Å². The first kappa shape index (κ1) is 12.9. The van der Waals surface area contributed by atoms with Crippen molar-refractivity contribution in [3.63, 3.8) is 0 Å². The molecule has 16 heavy (non-hydrogen) atoms. The van der Waals surface area contributed by atoms with Crippen LogP contribution in [0.15, 0.2) is 0 Å². The summed E-state index contributed by atoms with van der Waals surface area (Å²) in [5.74, 6) is 0.674. The van der Waals surface area contributed by atoms with Crippen molar-refractivity contribution in [2.24, 2.45) is 23.3 Å². The molecular formula is C10H20N4O2. The Hall–Kier alpha value is -1.14. The molecule has 1 rings (SSSR count). The Morgan fingerprint density at radius 2 is 2.19 bits per heavy atom. The molecular weight excluding hydrogens is 208 g/mol. The molecule has 0 radical (unpaired) electrons. The van der Waals surface area contributed by atoms with Gasteiger partial charge in [0, 0.05) is 6.54 Å². The van der Waals surface area contributed by atoms with Gasteiger partial charge < -0.3 is 11.5 Å². The third-order valence-corrected chi connectivity index (χ3v) is 3.13. The van der Waals surface area contributed by atoms with Crippen LogP contribution in [-0.2, 0) is 4.79 Å². The fraction of sp³-hybridized carbons (Fsp3) is 0.800. The average molecular weight is 228 g/mol. The Bertz CT molecular complexity index is 270. The van der Waals surface area contributed by atoms with Crippen LogP contribution < -0.4 is 16.8 Å². The Kier molecular flexibility index (Phi) is 4.70. The number of nitrogens with zero attached hydrogens (tertiary/aromatic N) is 1. The molecule has 1 heterocycles. The monoisotopic (exact) mass is 228 g/mol. The van der Waals surface area contributed by atoms with Crippen LogP contribution in [0.3, 0.4) is 0 Å². The summed E-state index contributed by atoms with van der Waals surface area (Å²) in [7, 11) is 0. The first-order valence-electron chi connectivity index (χ1n) is 5.54. The van der Waals surface area contributed by atoms with E-state index >= 15 is 0 Å². The van der Waals surface area contributed by atoms with Crippen molar-refractivity contribution < 1.29 is 9.59 Å². The van der Waals surface area contributed by atoms with Gasteiger partial charge in [0.2, 0.25) is 5.91 Å². The largest absolute Gasteiger partial charge is 0.351 e. The molecule has 2 unspecified atom stereocenters. The quantitative estimate of drug-likeness (QED) is 0.582. The lowest BCUT2D eigenvalue weighted by Crippen LogP contribution is -2.48. The summed E-state index contributed by atoms with van der Waals surface area (Å²) in [6, 6.07) is -0.800. The predicted octanol–water partition coefficient (Wildman–Crippen LogP) is -0.902. The molecule has 0 spiro atoms. The van der Waals surface area contributed by atoms with Crippen LogP contribution >= 0.6 is 0 Å². The summed E-state index contributed by atoms with van der Waals surface area (Å²) >= 11 is 0. The molecule has 0 aliphatic carbocycles. The molecule has 1 fully saturated rings. The van der Waals surface area contributed by atoms with E-state index < -0.39 is 6.03 Å². The number of hydrogen-bond acceptors (Lipinski definition) is 4. The van der Waals surface area contributed by atoms with Gasteiger partial charge in [-0.05, 0) is 31.3 Å². The molecule has 0 aromatic carbocycles. The van der Waals surface area contributed by atoms with E-state index in [-0.39, 0.29) is 12.5 Å². The molecule has 3 amide bonds. The molecule has 0 saturated carbocycles. The number of nitrogens with one attached hydrogen (secondary N) is 1. The third-order valence-electron chi connectivity index (χ3n) is 3.13. The number of nitrogens with two attached hydrogens (primary N) is 2. The van der Waals surface area contributed by atoms with Crippen LogP contribution in [0.25, 0.3) is 0 Å². The van der Waals surface area contributed by atoms with Crippen LogP contribution in [0.1, 0.15) is 13.3 Å². The van der Waals surface area contributed by atoms with Crippen LogP contribution in [0.5, 0.6) is 0 Å². The van der Waals surface area contributed by atoms with Crippen LogP contribution in [0.4, 0.5) is 4.79 Å². The van der Waals surface area contributed by atoms with E-state index in [1.165, 1.54) is 0 Å². The Balaban J connectivity index is 2.38. The van der Waals surface area contributed by atoms with Crippen molar-refractivity contribution in [1.29, 1.82) is 0 Å². The van der Waals surface area contributed by atoms with Crippen molar-refractivity contribution in [2.75, 3.05) is 26.2 Å². The van der Waals surface area contributed by atoms with E-state index in [9.17, 15) is 9.59 Å². The number of rotatable bonds is 3. The minimum Gasteiger partial charge on any atom is -0.351 e. The van der Waals surface area contributed by atoms with Gasteiger partial charge in [-0.15, -0.1) is 0 Å². The number of hydrogen-bond donors (Lipinski definition) is 3. The van der Waals surface area contributed by atoms with Gasteiger partial charge in [0.1, 0.15) is 0 Å². The molecule has 0 aromatic heterocycles. The van der Waals surface area contributed by atoms with Gasteiger partial charge in [-0.2, -0.15) is 0 Å². The lowest BCUT2D eigenvalue weighted by Gasteiger charge is -2.35. The Labute approximate surface area is 95.3 Å². The van der Waals surface area contributed by atoms with Crippen LogP contribution in [0.2, 0.25) is 0 Å². The zero-order chi connectivity index (χ0) is 12.1. The van der Waals surface area contributed by atoms with E-state index in [0.29, 0.717) is 18.4 Å². The number of piperidine rings is 1. The molecule has 1 saturated heterocycles. The smallest absolute Gasteiger partial charge is 0.318 e. The first-order chi connectivity index (χ1) is 7.52. The lowest BCUT2D eigenvalue weighted by molar-refractivity contribution is -0.121. The third kappa shape index (κ3) is 3.79. The summed E-state index contributed by atoms with van der Waals surface area (Å²) in [5, 5.41) is 2.06. The summed E-state index contributed by atoms with van der Waals surface area (Å²) in [6.07, 6.45) is 1.03. The SMILES string of the molecule is CC1CCN(CC(=O)NC(N)=O)CC1CN. The van der Waals surface area contributed by atoms with Gasteiger partial charge in [-0.3, -0.25) is 15.0 Å². The normalized spacial score (nSPS) is 26.4. The summed E-state index contributed by atoms with van der Waals surface area (Å²) in [4.78, 5) is 23.8. The number of urea groups is 1. The van der Waals surface area contributed by atoms with Crippen LogP contribution in [0, 0.1) is 11.8 Å². The molecule has 2 atom stereocenters. The van der Waals surface area contributed by atoms with Crippen molar-refractivity contribution in [3.05, 3.63) is 0 Å². The number of carbonyl (C=O) groups excluding carboxylic acids is 2. The second kappa shape index (κ2) is 5.81. The molecule has 1 aliphatic heterocycles. The number of carbonyl (C=O) groups is 2. The van der Waals surface area contributed by atoms with E-state index in [1.54, 1.807) is 0 Å². The predicted molar refractivity (Wildman–Crippen MR) is 60.5 cm³/mol. The fourth-order valence-corrected chi connectivity index (χ4v) is 2.06. The molecule has 5 N–H and O–H groups in total. The summed E-state index contributed by atoms with van der Waals surface area (Å²) in [6.45, 7) is 4.70. The van der Waals surface area contributed by atoms with Crippen molar-refractivity contribution in [3.8, 4) is 0 Å². The van der Waals surface area contributed by atoms with E-state index in [2.05, 4.69) is 12.2 Å². The highest BCUT2D eigenvalue weighted by Crippen LogP contribution is 2.21. The maximum Gasteiger partial charge on any atom is 0.318 e. The number of amides is 3. The number of primary amides is 1. The summed E-state index contributed by atoms with van der Waals surface area (Å²) in [5.41, 5.74) is 10.5. The Morgan fingerprint density at radius 3 is 2.75 bits per heavy atom. The first-order valence-corrected chi connectivity index (χ1v) is 5.54. The second-order valence-electron chi connectivity index (χ2n) is 4.41. The van der Waals surface area contributed by atoms with Gasteiger partial charge in [-0.1, -0.05) is 6.92 Å². The van der Waals surface area contributed by atoms with E-state index in [1.807, 2.05) is 4.90 Å². The highest BCUT2D eigenvalue weighted by Gasteiger charge is 2.26. The number of imide groups is 1. The second-order valence-corrected chi connectivity index (χ2v) is 4.41. The van der Waals surface area contributed by atoms with Crippen LogP contribution in [-0.4, -0.2) is 43.0 Å². The zero-order valence-electron chi connectivity index (χ0n) is 9.61. The minimum atomic E-state index is -0.800. The highest BCUT2D eigenvalue weighted by atomic mass is 16.2. The molecule has 0 bridgehead atoms. The van der Waals surface area contributed by atoms with Gasteiger partial charge >= 0.3 is 6.03 Å². The lowest BCUT2D eigenvalue weighted by atomic mass is 9.87. The molecule has 6 heteroatoms. The van der Waals surface area contributed by atoms with E-state index in [0.717, 1.165) is 19.5 Å². The molecule has 6 nitrogen and oxygen atoms in total. The fourth-order valence-electron chi connectivity index (χ4n) is 2.06. The molecule has 0 aromatic rings. The maximum absolute atomic E-state index is 11.3. The molecule has 1 aliphatic rings. The maximum atomic E-state index is 11.3. The zero-order valence-corrected chi connectivity index (χ0v) is 9.61.